The number of halogens is 1. The monoisotopic (exact) mass is 262 g/mol. The van der Waals surface area contributed by atoms with Crippen LogP contribution < -0.4 is 0 Å². The molecule has 14 heavy (non-hydrogen) atoms. The summed E-state index contributed by atoms with van der Waals surface area (Å²) in [6.07, 6.45) is 2.98. The second-order valence-corrected chi connectivity index (χ2v) is 3.93. The molecule has 0 radical (unpaired) electrons. The first-order valence-electron chi connectivity index (χ1n) is 4.99. The van der Waals surface area contributed by atoms with Crippen LogP contribution in [-0.2, 0) is 4.74 Å². The van der Waals surface area contributed by atoms with Gasteiger partial charge in [-0.15, -0.1) is 0 Å². The molecule has 0 heterocycles. The van der Waals surface area contributed by atoms with Gasteiger partial charge in [0.2, 0.25) is 0 Å². The molecule has 0 amide bonds. The van der Waals surface area contributed by atoms with Crippen molar-refractivity contribution in [2.45, 2.75) is 19.3 Å². The van der Waals surface area contributed by atoms with E-state index in [9.17, 15) is 0 Å². The summed E-state index contributed by atoms with van der Waals surface area (Å²) in [5.74, 6) is 0. The van der Waals surface area contributed by atoms with Gasteiger partial charge < -0.3 is 9.64 Å². The van der Waals surface area contributed by atoms with E-state index in [1.807, 2.05) is 0 Å². The summed E-state index contributed by atoms with van der Waals surface area (Å²) in [5.41, 5.74) is 0. The molecule has 0 atom stereocenters. The molecule has 82 valence electrons. The average molecular weight is 263 g/mol. The van der Waals surface area contributed by atoms with Crippen LogP contribution in [-0.4, -0.2) is 43.6 Å². The minimum absolute atomic E-state index is 0.609. The molecule has 0 spiro atoms. The van der Waals surface area contributed by atoms with Crippen molar-refractivity contribution in [2.24, 2.45) is 0 Å². The Balaban J connectivity index is 3.56. The van der Waals surface area contributed by atoms with Crippen molar-refractivity contribution in [3.05, 3.63) is 0 Å². The van der Waals surface area contributed by atoms with Crippen LogP contribution >= 0.6 is 15.9 Å². The first-order valence-corrected chi connectivity index (χ1v) is 6.11. The third-order valence-corrected chi connectivity index (χ3v) is 2.57. The number of alkyl halides is 1. The van der Waals surface area contributed by atoms with Gasteiger partial charge in [0.1, 0.15) is 0 Å². The Hall–Kier alpha value is -0.110. The van der Waals surface area contributed by atoms with Crippen molar-refractivity contribution in [1.82, 2.24) is 4.90 Å². The lowest BCUT2D eigenvalue weighted by atomic mass is 10.3. The number of rotatable bonds is 9. The summed E-state index contributed by atoms with van der Waals surface area (Å²) in [7, 11) is 1.71. The highest BCUT2D eigenvalue weighted by molar-refractivity contribution is 9.09. The Labute approximate surface area is 95.2 Å². The largest absolute Gasteiger partial charge is 0.383 e. The van der Waals surface area contributed by atoms with Crippen molar-refractivity contribution in [1.29, 1.82) is 5.26 Å². The van der Waals surface area contributed by atoms with E-state index in [-0.39, 0.29) is 0 Å². The van der Waals surface area contributed by atoms with Crippen LogP contribution in [0.15, 0.2) is 0 Å². The molecule has 0 bridgehead atoms. The van der Waals surface area contributed by atoms with Crippen LogP contribution in [0.2, 0.25) is 0 Å². The summed E-state index contributed by atoms with van der Waals surface area (Å²) in [4.78, 5) is 2.29. The van der Waals surface area contributed by atoms with Gasteiger partial charge in [0.25, 0.3) is 0 Å². The molecular formula is C10H19BrN2O. The van der Waals surface area contributed by atoms with Crippen molar-refractivity contribution in [3.63, 3.8) is 0 Å². The summed E-state index contributed by atoms with van der Waals surface area (Å²) in [6, 6.07) is 2.17. The van der Waals surface area contributed by atoms with Gasteiger partial charge in [-0.25, -0.2) is 0 Å². The lowest BCUT2D eigenvalue weighted by Crippen LogP contribution is -2.29. The SMILES string of the molecule is COCCN(CCC#N)CCCCBr. The fraction of sp³-hybridized carbons (Fsp3) is 0.900. The van der Waals surface area contributed by atoms with Crippen LogP contribution in [0.5, 0.6) is 0 Å². The minimum atomic E-state index is 0.609. The Morgan fingerprint density at radius 2 is 2.07 bits per heavy atom. The van der Waals surface area contributed by atoms with Crippen LogP contribution in [0.1, 0.15) is 19.3 Å². The smallest absolute Gasteiger partial charge is 0.0635 e. The zero-order valence-corrected chi connectivity index (χ0v) is 10.4. The number of ether oxygens (including phenoxy) is 1. The Morgan fingerprint density at radius 3 is 2.64 bits per heavy atom. The highest BCUT2D eigenvalue weighted by Gasteiger charge is 2.03. The molecule has 0 aromatic heterocycles. The van der Waals surface area contributed by atoms with Gasteiger partial charge in [0, 0.05) is 32.0 Å². The van der Waals surface area contributed by atoms with Crippen LogP contribution in [0.4, 0.5) is 0 Å². The molecule has 0 saturated heterocycles. The van der Waals surface area contributed by atoms with Crippen LogP contribution in [0.25, 0.3) is 0 Å². The topological polar surface area (TPSA) is 36.3 Å². The molecule has 0 aromatic carbocycles. The van der Waals surface area contributed by atoms with E-state index in [2.05, 4.69) is 26.9 Å². The summed E-state index contributed by atoms with van der Waals surface area (Å²) >= 11 is 3.41. The predicted molar refractivity (Wildman–Crippen MR) is 61.6 cm³/mol. The third-order valence-electron chi connectivity index (χ3n) is 2.01. The standard InChI is InChI=1S/C10H19BrN2O/c1-14-10-9-13(8-4-6-12)7-3-2-5-11/h2-5,7-10H2,1H3. The van der Waals surface area contributed by atoms with E-state index >= 15 is 0 Å². The average Bonchev–Trinajstić information content (AvgIpc) is 2.21. The lowest BCUT2D eigenvalue weighted by Gasteiger charge is -2.20. The maximum atomic E-state index is 8.50. The van der Waals surface area contributed by atoms with Gasteiger partial charge in [0.05, 0.1) is 12.7 Å². The van der Waals surface area contributed by atoms with Gasteiger partial charge in [-0.3, -0.25) is 0 Å². The molecular weight excluding hydrogens is 244 g/mol. The van der Waals surface area contributed by atoms with E-state index in [0.29, 0.717) is 6.42 Å². The Bertz CT molecular complexity index is 159. The third kappa shape index (κ3) is 8.49. The normalized spacial score (nSPS) is 10.4. The number of unbranched alkanes of at least 4 members (excludes halogenated alkanes) is 1. The summed E-state index contributed by atoms with van der Waals surface area (Å²) in [6.45, 7) is 3.61. The molecule has 0 rings (SSSR count). The fourth-order valence-electron chi connectivity index (χ4n) is 1.19. The maximum Gasteiger partial charge on any atom is 0.0635 e. The van der Waals surface area contributed by atoms with E-state index in [0.717, 1.165) is 31.6 Å². The highest BCUT2D eigenvalue weighted by Crippen LogP contribution is 1.99. The number of hydrogen-bond acceptors (Lipinski definition) is 3. The van der Waals surface area contributed by atoms with Crippen molar-refractivity contribution in [3.8, 4) is 6.07 Å². The quantitative estimate of drug-likeness (QED) is 0.471. The number of methoxy groups -OCH3 is 1. The zero-order chi connectivity index (χ0) is 10.6. The summed E-state index contributed by atoms with van der Waals surface area (Å²) < 4.78 is 5.02. The first-order chi connectivity index (χ1) is 6.85. The molecule has 0 saturated carbocycles. The van der Waals surface area contributed by atoms with Crippen LogP contribution in [0.3, 0.4) is 0 Å². The van der Waals surface area contributed by atoms with Crippen molar-refractivity contribution in [2.75, 3.05) is 38.7 Å². The van der Waals surface area contributed by atoms with Gasteiger partial charge in [-0.05, 0) is 19.4 Å². The van der Waals surface area contributed by atoms with E-state index in [1.165, 1.54) is 12.8 Å². The highest BCUT2D eigenvalue weighted by atomic mass is 79.9. The van der Waals surface area contributed by atoms with Gasteiger partial charge in [-0.1, -0.05) is 15.9 Å². The number of nitriles is 1. The first kappa shape index (κ1) is 13.9. The molecule has 0 fully saturated rings. The molecule has 0 aliphatic rings. The molecule has 3 nitrogen and oxygen atoms in total. The predicted octanol–water partition coefficient (Wildman–Crippen LogP) is 2.02. The second kappa shape index (κ2) is 11.0. The minimum Gasteiger partial charge on any atom is -0.383 e. The Kier molecular flexibility index (Phi) is 10.9. The van der Waals surface area contributed by atoms with E-state index in [1.54, 1.807) is 7.11 Å². The van der Waals surface area contributed by atoms with Crippen molar-refractivity contribution >= 4 is 15.9 Å². The van der Waals surface area contributed by atoms with Gasteiger partial charge >= 0.3 is 0 Å². The van der Waals surface area contributed by atoms with E-state index < -0.39 is 0 Å². The van der Waals surface area contributed by atoms with Gasteiger partial charge in [0.15, 0.2) is 0 Å². The molecule has 0 aliphatic carbocycles. The zero-order valence-electron chi connectivity index (χ0n) is 8.84. The molecule has 0 aliphatic heterocycles. The molecule has 0 N–H and O–H groups in total. The van der Waals surface area contributed by atoms with Crippen molar-refractivity contribution < 1.29 is 4.74 Å². The maximum absolute atomic E-state index is 8.50. The fourth-order valence-corrected chi connectivity index (χ4v) is 1.59. The second-order valence-electron chi connectivity index (χ2n) is 3.14. The number of nitrogens with zero attached hydrogens (tertiary/aromatic N) is 2. The summed E-state index contributed by atoms with van der Waals surface area (Å²) in [5, 5.41) is 9.56. The lowest BCUT2D eigenvalue weighted by molar-refractivity contribution is 0.148. The van der Waals surface area contributed by atoms with Crippen LogP contribution in [0, 0.1) is 11.3 Å². The Morgan fingerprint density at radius 1 is 1.29 bits per heavy atom. The van der Waals surface area contributed by atoms with Gasteiger partial charge in [-0.2, -0.15) is 5.26 Å². The number of hydrogen-bond donors (Lipinski definition) is 0. The molecule has 0 aromatic rings. The van der Waals surface area contributed by atoms with E-state index in [4.69, 9.17) is 10.00 Å². The molecule has 0 unspecified atom stereocenters. The molecule has 4 heteroatoms.